The molecular weight excluding hydrogens is 538 g/mol. The fourth-order valence-corrected chi connectivity index (χ4v) is 8.37. The van der Waals surface area contributed by atoms with Gasteiger partial charge in [-0.2, -0.15) is 0 Å². The lowest BCUT2D eigenvalue weighted by Crippen LogP contribution is -2.61. The van der Waals surface area contributed by atoms with Gasteiger partial charge in [0.15, 0.2) is 12.4 Å². The maximum absolute atomic E-state index is 13.4. The molecule has 3 saturated carbocycles. The van der Waals surface area contributed by atoms with Crippen LogP contribution in [0, 0.1) is 28.6 Å². The average Bonchev–Trinajstić information content (AvgIpc) is 3.24. The van der Waals surface area contributed by atoms with Gasteiger partial charge < -0.3 is 25.0 Å². The Bertz CT molecular complexity index is 1320. The number of allylic oxidation sites excluding steroid dienone is 4. The predicted molar refractivity (Wildman–Crippen MR) is 153 cm³/mol. The van der Waals surface area contributed by atoms with E-state index in [1.165, 1.54) is 0 Å². The molecule has 0 spiro atoms. The summed E-state index contributed by atoms with van der Waals surface area (Å²) in [6.07, 6.45) is 6.81. The summed E-state index contributed by atoms with van der Waals surface area (Å²) in [5.41, 5.74) is -1.10. The summed E-state index contributed by atoms with van der Waals surface area (Å²) in [5, 5.41) is 26.0. The van der Waals surface area contributed by atoms with Crippen LogP contribution in [0.2, 0.25) is 0 Å². The molecule has 1 aromatic rings. The standard InChI is InChI=1S/C33H41NO8/c1-31-14-12-22(35)16-21(31)6-9-24-25-13-15-33(40,32(25,2)17-26(36)30(24)31)27(37)19-42-29(39)11-10-28(38)34-18-20-4-7-23(41-3)8-5-20/h4-5,7-8,12,14,16,24-26,30,36,40H,6,9-11,13,15,17-19H2,1-3H3,(H,34,38)/t24-,25+,26-,30+,31-,32-,33-/m0/s1. The first-order chi connectivity index (χ1) is 19.9. The second-order valence-corrected chi connectivity index (χ2v) is 12.8. The molecule has 0 aromatic heterocycles. The SMILES string of the molecule is COc1ccc(CNC(=O)CCC(=O)OCC(=O)[C@@]2(O)CC[C@@H]3[C@@H]4CCC5=CC(=O)C=C[C@]5(C)[C@H]4[C@@H](O)C[C@@]32C)cc1. The number of Topliss-reactive ketones (excluding diaryl/α,β-unsaturated/α-hetero) is 1. The van der Waals surface area contributed by atoms with Crippen LogP contribution < -0.4 is 10.1 Å². The summed E-state index contributed by atoms with van der Waals surface area (Å²) < 4.78 is 10.3. The van der Waals surface area contributed by atoms with Gasteiger partial charge >= 0.3 is 5.97 Å². The number of hydrogen-bond donors (Lipinski definition) is 3. The van der Waals surface area contributed by atoms with E-state index in [9.17, 15) is 29.4 Å². The van der Waals surface area contributed by atoms with Crippen LogP contribution in [0.4, 0.5) is 0 Å². The van der Waals surface area contributed by atoms with Crippen LogP contribution in [0.25, 0.3) is 0 Å². The third-order valence-corrected chi connectivity index (χ3v) is 10.7. The minimum Gasteiger partial charge on any atom is -0.497 e. The fourth-order valence-electron chi connectivity index (χ4n) is 8.37. The zero-order valence-electron chi connectivity index (χ0n) is 24.6. The van der Waals surface area contributed by atoms with Crippen molar-refractivity contribution >= 4 is 23.4 Å². The highest BCUT2D eigenvalue weighted by Gasteiger charge is 2.68. The number of methoxy groups -OCH3 is 1. The third-order valence-electron chi connectivity index (χ3n) is 10.7. The number of hydrogen-bond acceptors (Lipinski definition) is 8. The van der Waals surface area contributed by atoms with Crippen molar-refractivity contribution in [3.8, 4) is 5.75 Å². The molecule has 42 heavy (non-hydrogen) atoms. The van der Waals surface area contributed by atoms with Gasteiger partial charge in [-0.3, -0.25) is 19.2 Å². The molecule has 226 valence electrons. The van der Waals surface area contributed by atoms with Crippen LogP contribution in [0.5, 0.6) is 5.75 Å². The van der Waals surface area contributed by atoms with Gasteiger partial charge in [0.05, 0.1) is 19.6 Å². The molecule has 4 aliphatic carbocycles. The molecule has 1 amide bonds. The van der Waals surface area contributed by atoms with E-state index in [1.54, 1.807) is 31.4 Å². The van der Waals surface area contributed by atoms with Crippen LogP contribution in [-0.2, 0) is 30.5 Å². The van der Waals surface area contributed by atoms with Crippen LogP contribution in [0.3, 0.4) is 0 Å². The second kappa shape index (κ2) is 11.4. The lowest BCUT2D eigenvalue weighted by atomic mass is 9.46. The maximum Gasteiger partial charge on any atom is 0.306 e. The zero-order valence-corrected chi connectivity index (χ0v) is 24.6. The molecule has 0 bridgehead atoms. The lowest BCUT2D eigenvalue weighted by molar-refractivity contribution is -0.181. The highest BCUT2D eigenvalue weighted by atomic mass is 16.5. The van der Waals surface area contributed by atoms with Gasteiger partial charge in [-0.15, -0.1) is 0 Å². The van der Waals surface area contributed by atoms with Crippen molar-refractivity contribution in [3.05, 3.63) is 53.6 Å². The number of nitrogens with one attached hydrogen (secondary N) is 1. The molecule has 7 atom stereocenters. The lowest BCUT2D eigenvalue weighted by Gasteiger charge is -2.59. The number of ether oxygens (including phenoxy) is 2. The number of amides is 1. The van der Waals surface area contributed by atoms with Crippen molar-refractivity contribution in [2.24, 2.45) is 28.6 Å². The monoisotopic (exact) mass is 579 g/mol. The molecule has 9 nitrogen and oxygen atoms in total. The second-order valence-electron chi connectivity index (χ2n) is 12.8. The van der Waals surface area contributed by atoms with Gasteiger partial charge in [0.25, 0.3) is 0 Å². The van der Waals surface area contributed by atoms with Crippen LogP contribution in [-0.4, -0.2) is 59.1 Å². The van der Waals surface area contributed by atoms with E-state index in [0.29, 0.717) is 18.7 Å². The molecule has 9 heteroatoms. The molecule has 4 aliphatic rings. The Balaban J connectivity index is 1.15. The Labute approximate surface area is 246 Å². The van der Waals surface area contributed by atoms with E-state index in [1.807, 2.05) is 25.1 Å². The molecule has 5 rings (SSSR count). The molecule has 0 radical (unpaired) electrons. The predicted octanol–water partition coefficient (Wildman–Crippen LogP) is 3.21. The first kappa shape index (κ1) is 30.2. The van der Waals surface area contributed by atoms with Gasteiger partial charge in [-0.05, 0) is 73.8 Å². The van der Waals surface area contributed by atoms with Gasteiger partial charge in [-0.1, -0.05) is 37.6 Å². The van der Waals surface area contributed by atoms with E-state index in [2.05, 4.69) is 12.2 Å². The minimum atomic E-state index is -1.73. The van der Waals surface area contributed by atoms with Crippen molar-refractivity contribution < 1.29 is 38.9 Å². The highest BCUT2D eigenvalue weighted by molar-refractivity contribution is 6.01. The average molecular weight is 580 g/mol. The van der Waals surface area contributed by atoms with Gasteiger partial charge in [-0.25, -0.2) is 0 Å². The largest absolute Gasteiger partial charge is 0.497 e. The molecule has 0 saturated heterocycles. The highest BCUT2D eigenvalue weighted by Crippen LogP contribution is 2.67. The number of aliphatic hydroxyl groups is 2. The fraction of sp³-hybridized carbons (Fsp3) is 0.576. The summed E-state index contributed by atoms with van der Waals surface area (Å²) in [5.74, 6) is -0.899. The Hall–Kier alpha value is -3.30. The number of benzene rings is 1. The van der Waals surface area contributed by atoms with Gasteiger partial charge in [0.1, 0.15) is 11.4 Å². The molecule has 0 aliphatic heterocycles. The Kier molecular flexibility index (Phi) is 8.20. The summed E-state index contributed by atoms with van der Waals surface area (Å²) in [6.45, 7) is 3.69. The molecule has 1 aromatic carbocycles. The van der Waals surface area contributed by atoms with E-state index >= 15 is 0 Å². The summed E-state index contributed by atoms with van der Waals surface area (Å²) in [6, 6.07) is 7.26. The van der Waals surface area contributed by atoms with Gasteiger partial charge in [0.2, 0.25) is 11.7 Å². The third kappa shape index (κ3) is 5.22. The van der Waals surface area contributed by atoms with Crippen molar-refractivity contribution in [1.82, 2.24) is 5.32 Å². The Morgan fingerprint density at radius 3 is 2.55 bits per heavy atom. The number of carbonyl (C=O) groups excluding carboxylic acids is 4. The van der Waals surface area contributed by atoms with Crippen molar-refractivity contribution in [2.45, 2.75) is 77.0 Å². The number of ketones is 2. The van der Waals surface area contributed by atoms with Gasteiger partial charge in [0, 0.05) is 29.7 Å². The molecular formula is C33H41NO8. The quantitative estimate of drug-likeness (QED) is 0.379. The van der Waals surface area contributed by atoms with E-state index in [-0.39, 0.29) is 55.1 Å². The van der Waals surface area contributed by atoms with E-state index in [0.717, 1.165) is 24.0 Å². The number of rotatable bonds is 9. The Morgan fingerprint density at radius 1 is 1.10 bits per heavy atom. The Morgan fingerprint density at radius 2 is 1.83 bits per heavy atom. The molecule has 3 N–H and O–H groups in total. The first-order valence-corrected chi connectivity index (χ1v) is 14.8. The molecule has 0 unspecified atom stereocenters. The van der Waals surface area contributed by atoms with E-state index in [4.69, 9.17) is 9.47 Å². The van der Waals surface area contributed by atoms with Crippen LogP contribution in [0.15, 0.2) is 48.1 Å². The van der Waals surface area contributed by atoms with Crippen molar-refractivity contribution in [1.29, 1.82) is 0 Å². The molecule has 3 fully saturated rings. The number of aliphatic hydroxyl groups excluding tert-OH is 1. The normalized spacial score (nSPS) is 34.9. The number of carbonyl (C=O) groups is 4. The van der Waals surface area contributed by atoms with Crippen LogP contribution in [0.1, 0.15) is 64.4 Å². The summed E-state index contributed by atoms with van der Waals surface area (Å²) in [4.78, 5) is 50.0. The van der Waals surface area contributed by atoms with Crippen molar-refractivity contribution in [3.63, 3.8) is 0 Å². The number of fused-ring (bicyclic) bond motifs is 5. The van der Waals surface area contributed by atoms with Crippen molar-refractivity contribution in [2.75, 3.05) is 13.7 Å². The minimum absolute atomic E-state index is 0.00866. The number of esters is 1. The first-order valence-electron chi connectivity index (χ1n) is 14.8. The van der Waals surface area contributed by atoms with E-state index < -0.39 is 40.9 Å². The maximum atomic E-state index is 13.4. The zero-order chi connectivity index (χ0) is 30.3. The summed E-state index contributed by atoms with van der Waals surface area (Å²) in [7, 11) is 1.58. The smallest absolute Gasteiger partial charge is 0.306 e. The van der Waals surface area contributed by atoms with Crippen LogP contribution >= 0.6 is 0 Å². The summed E-state index contributed by atoms with van der Waals surface area (Å²) >= 11 is 0. The topological polar surface area (TPSA) is 139 Å². The molecule has 0 heterocycles.